The highest BCUT2D eigenvalue weighted by Crippen LogP contribution is 2.37. The zero-order valence-electron chi connectivity index (χ0n) is 11.6. The van der Waals surface area contributed by atoms with Gasteiger partial charge in [-0.25, -0.2) is 4.98 Å². The largest absolute Gasteiger partial charge is 0.481 e. The molecule has 0 amide bonds. The van der Waals surface area contributed by atoms with Gasteiger partial charge >= 0.3 is 0 Å². The van der Waals surface area contributed by atoms with E-state index in [-0.39, 0.29) is 0 Å². The van der Waals surface area contributed by atoms with Gasteiger partial charge in [0.1, 0.15) is 0 Å². The standard InChI is InChI=1S/C16H22N2O/c1-19-16-3-2-14(11-18-16)15-9-12-4-6-17-7-5-13(8-12)10-15/h2-3,9,11-13,17H,4-8,10H2,1H3. The fourth-order valence-corrected chi connectivity index (χ4v) is 3.29. The molecule has 1 N–H and O–H groups in total. The lowest BCUT2D eigenvalue weighted by atomic mass is 9.77. The van der Waals surface area contributed by atoms with E-state index in [4.69, 9.17) is 4.74 Å². The van der Waals surface area contributed by atoms with Gasteiger partial charge in [0.05, 0.1) is 7.11 Å². The molecule has 0 radical (unpaired) electrons. The van der Waals surface area contributed by atoms with E-state index in [1.54, 1.807) is 7.11 Å². The summed E-state index contributed by atoms with van der Waals surface area (Å²) < 4.78 is 5.13. The second-order valence-corrected chi connectivity index (χ2v) is 5.67. The molecule has 1 aliphatic heterocycles. The van der Waals surface area contributed by atoms with Crippen molar-refractivity contribution >= 4 is 5.57 Å². The first-order chi connectivity index (χ1) is 9.35. The minimum absolute atomic E-state index is 0.693. The monoisotopic (exact) mass is 258 g/mol. The summed E-state index contributed by atoms with van der Waals surface area (Å²) in [6.07, 6.45) is 9.57. The summed E-state index contributed by atoms with van der Waals surface area (Å²) in [7, 11) is 1.66. The van der Waals surface area contributed by atoms with Gasteiger partial charge in [-0.05, 0) is 67.8 Å². The van der Waals surface area contributed by atoms with Gasteiger partial charge in [0, 0.05) is 12.3 Å². The van der Waals surface area contributed by atoms with Crippen molar-refractivity contribution in [2.45, 2.75) is 25.7 Å². The predicted octanol–water partition coefficient (Wildman–Crippen LogP) is 2.88. The highest BCUT2D eigenvalue weighted by atomic mass is 16.5. The van der Waals surface area contributed by atoms with E-state index in [0.717, 1.165) is 18.4 Å². The van der Waals surface area contributed by atoms with Crippen LogP contribution < -0.4 is 10.1 Å². The lowest BCUT2D eigenvalue weighted by Crippen LogP contribution is -2.28. The summed E-state index contributed by atoms with van der Waals surface area (Å²) in [5.74, 6) is 2.27. The van der Waals surface area contributed by atoms with Crippen LogP contribution in [0.1, 0.15) is 31.2 Å². The minimum Gasteiger partial charge on any atom is -0.481 e. The summed E-state index contributed by atoms with van der Waals surface area (Å²) in [6.45, 7) is 2.33. The molecule has 0 saturated carbocycles. The van der Waals surface area contributed by atoms with Crippen LogP contribution in [0.4, 0.5) is 0 Å². The van der Waals surface area contributed by atoms with Gasteiger partial charge in [0.15, 0.2) is 0 Å². The molecular weight excluding hydrogens is 236 g/mol. The number of fused-ring (bicyclic) bond motifs is 2. The predicted molar refractivity (Wildman–Crippen MR) is 77.1 cm³/mol. The van der Waals surface area contributed by atoms with Crippen LogP contribution in [0.3, 0.4) is 0 Å². The fraction of sp³-hybridized carbons (Fsp3) is 0.562. The first-order valence-electron chi connectivity index (χ1n) is 7.27. The van der Waals surface area contributed by atoms with Crippen LogP contribution in [0.15, 0.2) is 24.4 Å². The summed E-state index contributed by atoms with van der Waals surface area (Å²) >= 11 is 0. The minimum atomic E-state index is 0.693. The average molecular weight is 258 g/mol. The maximum Gasteiger partial charge on any atom is 0.212 e. The Labute approximate surface area is 115 Å². The molecule has 0 spiro atoms. The highest BCUT2D eigenvalue weighted by Gasteiger charge is 2.24. The second-order valence-electron chi connectivity index (χ2n) is 5.67. The molecule has 1 aliphatic carbocycles. The van der Waals surface area contributed by atoms with Gasteiger partial charge in [0.25, 0.3) is 0 Å². The third kappa shape index (κ3) is 2.98. The number of nitrogens with zero attached hydrogens (tertiary/aromatic N) is 1. The molecule has 1 aromatic rings. The van der Waals surface area contributed by atoms with Crippen molar-refractivity contribution in [1.82, 2.24) is 10.3 Å². The van der Waals surface area contributed by atoms with Crippen LogP contribution in [0, 0.1) is 11.8 Å². The molecule has 2 atom stereocenters. The second kappa shape index (κ2) is 5.74. The molecule has 3 nitrogen and oxygen atoms in total. The Hall–Kier alpha value is -1.35. The van der Waals surface area contributed by atoms with Crippen molar-refractivity contribution in [3.8, 4) is 5.88 Å². The van der Waals surface area contributed by atoms with E-state index in [1.807, 2.05) is 12.3 Å². The molecule has 19 heavy (non-hydrogen) atoms. The van der Waals surface area contributed by atoms with Crippen LogP contribution in [0.2, 0.25) is 0 Å². The number of aromatic nitrogens is 1. The number of pyridine rings is 1. The molecule has 1 aromatic heterocycles. The number of nitrogens with one attached hydrogen (secondary N) is 1. The normalized spacial score (nSPS) is 27.1. The summed E-state index contributed by atoms with van der Waals surface area (Å²) in [5.41, 5.74) is 2.75. The van der Waals surface area contributed by atoms with E-state index in [0.29, 0.717) is 5.88 Å². The van der Waals surface area contributed by atoms with E-state index >= 15 is 0 Å². The quantitative estimate of drug-likeness (QED) is 0.885. The molecule has 3 rings (SSSR count). The van der Waals surface area contributed by atoms with Crippen LogP contribution >= 0.6 is 0 Å². The third-order valence-electron chi connectivity index (χ3n) is 4.32. The maximum absolute atomic E-state index is 5.13. The van der Waals surface area contributed by atoms with Gasteiger partial charge in [-0.2, -0.15) is 0 Å². The van der Waals surface area contributed by atoms with Gasteiger partial charge in [-0.1, -0.05) is 6.08 Å². The number of hydrogen-bond acceptors (Lipinski definition) is 3. The molecule has 1 fully saturated rings. The molecule has 2 unspecified atom stereocenters. The van der Waals surface area contributed by atoms with Gasteiger partial charge in [-0.3, -0.25) is 0 Å². The lowest BCUT2D eigenvalue weighted by molar-refractivity contribution is 0.334. The van der Waals surface area contributed by atoms with E-state index in [1.165, 1.54) is 43.4 Å². The number of hydrogen-bond donors (Lipinski definition) is 1. The van der Waals surface area contributed by atoms with E-state index in [9.17, 15) is 0 Å². The van der Waals surface area contributed by atoms with E-state index < -0.39 is 0 Å². The maximum atomic E-state index is 5.13. The van der Waals surface area contributed by atoms with Crippen LogP contribution in [-0.4, -0.2) is 25.2 Å². The molecule has 2 bridgehead atoms. The van der Waals surface area contributed by atoms with Gasteiger partial charge < -0.3 is 10.1 Å². The number of ether oxygens (including phenoxy) is 1. The van der Waals surface area contributed by atoms with Crippen molar-refractivity contribution in [2.75, 3.05) is 20.2 Å². The smallest absolute Gasteiger partial charge is 0.212 e. The van der Waals surface area contributed by atoms with E-state index in [2.05, 4.69) is 22.4 Å². The fourth-order valence-electron chi connectivity index (χ4n) is 3.29. The third-order valence-corrected chi connectivity index (χ3v) is 4.32. The number of rotatable bonds is 2. The van der Waals surface area contributed by atoms with Crippen LogP contribution in [-0.2, 0) is 0 Å². The summed E-state index contributed by atoms with van der Waals surface area (Å²) in [6, 6.07) is 4.10. The van der Waals surface area contributed by atoms with Crippen molar-refractivity contribution in [3.05, 3.63) is 30.0 Å². The van der Waals surface area contributed by atoms with Crippen molar-refractivity contribution in [1.29, 1.82) is 0 Å². The summed E-state index contributed by atoms with van der Waals surface area (Å²) in [5, 5.41) is 3.53. The Balaban J connectivity index is 1.82. The van der Waals surface area contributed by atoms with Gasteiger partial charge in [0.2, 0.25) is 5.88 Å². The number of allylic oxidation sites excluding steroid dienone is 2. The highest BCUT2D eigenvalue weighted by molar-refractivity contribution is 5.66. The topological polar surface area (TPSA) is 34.1 Å². The zero-order valence-corrected chi connectivity index (χ0v) is 11.6. The van der Waals surface area contributed by atoms with Gasteiger partial charge in [-0.15, -0.1) is 0 Å². The lowest BCUT2D eigenvalue weighted by Gasteiger charge is -2.31. The molecule has 102 valence electrons. The van der Waals surface area contributed by atoms with Crippen molar-refractivity contribution in [3.63, 3.8) is 0 Å². The zero-order chi connectivity index (χ0) is 13.1. The Morgan fingerprint density at radius 3 is 2.95 bits per heavy atom. The molecular formula is C16H22N2O. The Bertz CT molecular complexity index is 452. The van der Waals surface area contributed by atoms with Crippen molar-refractivity contribution < 1.29 is 4.74 Å². The Morgan fingerprint density at radius 1 is 1.26 bits per heavy atom. The molecule has 0 aromatic carbocycles. The van der Waals surface area contributed by atoms with Crippen LogP contribution in [0.25, 0.3) is 5.57 Å². The first-order valence-corrected chi connectivity index (χ1v) is 7.27. The van der Waals surface area contributed by atoms with Crippen molar-refractivity contribution in [2.24, 2.45) is 11.8 Å². The Kier molecular flexibility index (Phi) is 3.83. The molecule has 1 saturated heterocycles. The van der Waals surface area contributed by atoms with Crippen LogP contribution in [0.5, 0.6) is 5.88 Å². The average Bonchev–Trinajstić information content (AvgIpc) is 2.45. The molecule has 3 heteroatoms. The molecule has 2 heterocycles. The number of methoxy groups -OCH3 is 1. The first kappa shape index (κ1) is 12.7. The Morgan fingerprint density at radius 2 is 2.16 bits per heavy atom. The SMILES string of the molecule is COc1ccc(C2=CC3CCNCCC(C2)C3)cn1. The molecule has 2 aliphatic rings. The summed E-state index contributed by atoms with van der Waals surface area (Å²) in [4.78, 5) is 4.33.